The van der Waals surface area contributed by atoms with Crippen molar-refractivity contribution in [3.8, 4) is 0 Å². The Morgan fingerprint density at radius 1 is 1.44 bits per heavy atom. The normalized spacial score (nSPS) is 15.4. The first-order valence-corrected chi connectivity index (χ1v) is 5.86. The van der Waals surface area contributed by atoms with Crippen molar-refractivity contribution in [3.05, 3.63) is 28.8 Å². The average molecular weight is 239 g/mol. The van der Waals surface area contributed by atoms with Crippen molar-refractivity contribution in [1.29, 1.82) is 0 Å². The number of amides is 2. The van der Waals surface area contributed by atoms with Crippen molar-refractivity contribution >= 4 is 23.3 Å². The predicted molar refractivity (Wildman–Crippen MR) is 66.0 cm³/mol. The van der Waals surface area contributed by atoms with Crippen molar-refractivity contribution in [2.75, 3.05) is 5.32 Å². The molecule has 2 rings (SSSR count). The third-order valence-electron chi connectivity index (χ3n) is 2.87. The first kappa shape index (κ1) is 11.3. The summed E-state index contributed by atoms with van der Waals surface area (Å²) in [5.74, 6) is 0. The lowest BCUT2D eigenvalue weighted by Crippen LogP contribution is -2.41. The molecular formula is C12H15ClN2O. The van der Waals surface area contributed by atoms with Gasteiger partial charge in [-0.3, -0.25) is 0 Å². The minimum absolute atomic E-state index is 0.149. The van der Waals surface area contributed by atoms with Crippen LogP contribution in [0.1, 0.15) is 24.8 Å². The molecule has 2 N–H and O–H groups in total. The van der Waals surface area contributed by atoms with E-state index in [-0.39, 0.29) is 6.03 Å². The minimum atomic E-state index is -0.149. The summed E-state index contributed by atoms with van der Waals surface area (Å²) in [7, 11) is 0. The molecule has 1 aliphatic carbocycles. The fourth-order valence-corrected chi connectivity index (χ4v) is 1.76. The van der Waals surface area contributed by atoms with Crippen LogP contribution >= 0.6 is 11.6 Å². The van der Waals surface area contributed by atoms with E-state index in [1.165, 1.54) is 6.42 Å². The molecule has 1 fully saturated rings. The summed E-state index contributed by atoms with van der Waals surface area (Å²) in [6.07, 6.45) is 3.38. The number of hydrogen-bond acceptors (Lipinski definition) is 1. The lowest BCUT2D eigenvalue weighted by atomic mass is 9.93. The highest BCUT2D eigenvalue weighted by molar-refractivity contribution is 6.31. The Hall–Kier alpha value is -1.22. The number of carbonyl (C=O) groups is 1. The number of hydrogen-bond donors (Lipinski definition) is 2. The van der Waals surface area contributed by atoms with Gasteiger partial charge in [-0.1, -0.05) is 17.7 Å². The number of benzene rings is 1. The molecule has 86 valence electrons. The molecule has 0 unspecified atom stereocenters. The van der Waals surface area contributed by atoms with Gasteiger partial charge in [0.2, 0.25) is 0 Å². The number of urea groups is 1. The Balaban J connectivity index is 1.92. The number of nitrogens with one attached hydrogen (secondary N) is 2. The highest BCUT2D eigenvalue weighted by Crippen LogP contribution is 2.21. The van der Waals surface area contributed by atoms with Crippen LogP contribution in [-0.2, 0) is 0 Å². The molecule has 0 heterocycles. The smallest absolute Gasteiger partial charge is 0.319 e. The quantitative estimate of drug-likeness (QED) is 0.815. The molecule has 0 bridgehead atoms. The van der Waals surface area contributed by atoms with E-state index >= 15 is 0 Å². The van der Waals surface area contributed by atoms with Gasteiger partial charge in [0.15, 0.2) is 0 Å². The number of halogens is 1. The maximum atomic E-state index is 11.5. The monoisotopic (exact) mass is 238 g/mol. The maximum absolute atomic E-state index is 11.5. The second-order valence-corrected chi connectivity index (χ2v) is 4.60. The first-order valence-electron chi connectivity index (χ1n) is 5.49. The van der Waals surface area contributed by atoms with Gasteiger partial charge in [0, 0.05) is 16.8 Å². The Labute approximate surface area is 100 Å². The lowest BCUT2D eigenvalue weighted by Gasteiger charge is -2.26. The molecule has 2 amide bonds. The molecule has 1 aromatic rings. The van der Waals surface area contributed by atoms with Gasteiger partial charge in [-0.15, -0.1) is 0 Å². The summed E-state index contributed by atoms with van der Waals surface area (Å²) in [6.45, 7) is 1.93. The third kappa shape index (κ3) is 2.67. The van der Waals surface area contributed by atoms with Gasteiger partial charge in [0.1, 0.15) is 0 Å². The molecule has 0 atom stereocenters. The lowest BCUT2D eigenvalue weighted by molar-refractivity contribution is 0.240. The largest absolute Gasteiger partial charge is 0.335 e. The van der Waals surface area contributed by atoms with Crippen molar-refractivity contribution in [2.24, 2.45) is 0 Å². The number of carbonyl (C=O) groups excluding carboxylic acids is 1. The molecule has 16 heavy (non-hydrogen) atoms. The van der Waals surface area contributed by atoms with Crippen LogP contribution < -0.4 is 10.6 Å². The summed E-state index contributed by atoms with van der Waals surface area (Å²) in [5, 5.41) is 6.35. The first-order chi connectivity index (χ1) is 7.65. The molecule has 3 nitrogen and oxygen atoms in total. The summed E-state index contributed by atoms with van der Waals surface area (Å²) in [4.78, 5) is 11.5. The SMILES string of the molecule is Cc1ccc(NC(=O)NC2CCC2)cc1Cl. The highest BCUT2D eigenvalue weighted by atomic mass is 35.5. The van der Waals surface area contributed by atoms with Gasteiger partial charge in [0.25, 0.3) is 0 Å². The molecular weight excluding hydrogens is 224 g/mol. The van der Waals surface area contributed by atoms with Gasteiger partial charge < -0.3 is 10.6 Å². The van der Waals surface area contributed by atoms with E-state index in [9.17, 15) is 4.79 Å². The van der Waals surface area contributed by atoms with Crippen molar-refractivity contribution < 1.29 is 4.79 Å². The number of anilines is 1. The van der Waals surface area contributed by atoms with E-state index < -0.39 is 0 Å². The zero-order chi connectivity index (χ0) is 11.5. The third-order valence-corrected chi connectivity index (χ3v) is 3.28. The van der Waals surface area contributed by atoms with Crippen LogP contribution in [0.15, 0.2) is 18.2 Å². The zero-order valence-corrected chi connectivity index (χ0v) is 9.97. The molecule has 1 aromatic carbocycles. The predicted octanol–water partition coefficient (Wildman–Crippen LogP) is 3.32. The van der Waals surface area contributed by atoms with E-state index in [1.807, 2.05) is 19.1 Å². The molecule has 1 aliphatic rings. The van der Waals surface area contributed by atoms with Crippen LogP contribution in [-0.4, -0.2) is 12.1 Å². The fourth-order valence-electron chi connectivity index (χ4n) is 1.58. The highest BCUT2D eigenvalue weighted by Gasteiger charge is 2.19. The summed E-state index contributed by atoms with van der Waals surface area (Å²) in [6, 6.07) is 5.70. The van der Waals surface area contributed by atoms with Crippen LogP contribution in [0.2, 0.25) is 5.02 Å². The molecule has 0 spiro atoms. The number of aryl methyl sites for hydroxylation is 1. The van der Waals surface area contributed by atoms with E-state index in [1.54, 1.807) is 6.07 Å². The fraction of sp³-hybridized carbons (Fsp3) is 0.417. The Bertz CT molecular complexity index is 402. The standard InChI is InChI=1S/C12H15ClN2O/c1-8-5-6-10(7-11(8)13)15-12(16)14-9-3-2-4-9/h5-7,9H,2-4H2,1H3,(H2,14,15,16). The van der Waals surface area contributed by atoms with Gasteiger partial charge in [0.05, 0.1) is 0 Å². The molecule has 4 heteroatoms. The van der Waals surface area contributed by atoms with E-state index in [0.717, 1.165) is 24.1 Å². The van der Waals surface area contributed by atoms with Gasteiger partial charge in [-0.2, -0.15) is 0 Å². The Kier molecular flexibility index (Phi) is 3.34. The van der Waals surface area contributed by atoms with E-state index in [2.05, 4.69) is 10.6 Å². The van der Waals surface area contributed by atoms with Crippen LogP contribution in [0, 0.1) is 6.92 Å². The molecule has 0 aromatic heterocycles. The summed E-state index contributed by atoms with van der Waals surface area (Å²) >= 11 is 5.97. The van der Waals surface area contributed by atoms with Gasteiger partial charge in [-0.05, 0) is 43.9 Å². The second-order valence-electron chi connectivity index (χ2n) is 4.19. The van der Waals surface area contributed by atoms with Crippen molar-refractivity contribution in [2.45, 2.75) is 32.2 Å². The van der Waals surface area contributed by atoms with Crippen molar-refractivity contribution in [3.63, 3.8) is 0 Å². The zero-order valence-electron chi connectivity index (χ0n) is 9.22. The average Bonchev–Trinajstić information content (AvgIpc) is 2.18. The van der Waals surface area contributed by atoms with E-state index in [4.69, 9.17) is 11.6 Å². The Morgan fingerprint density at radius 3 is 2.75 bits per heavy atom. The summed E-state index contributed by atoms with van der Waals surface area (Å²) < 4.78 is 0. The van der Waals surface area contributed by atoms with E-state index in [0.29, 0.717) is 11.1 Å². The van der Waals surface area contributed by atoms with Crippen molar-refractivity contribution in [1.82, 2.24) is 5.32 Å². The number of rotatable bonds is 2. The van der Waals surface area contributed by atoms with Gasteiger partial charge in [-0.25, -0.2) is 4.79 Å². The topological polar surface area (TPSA) is 41.1 Å². The summed E-state index contributed by atoms with van der Waals surface area (Å²) in [5.41, 5.74) is 1.74. The Morgan fingerprint density at radius 2 is 2.19 bits per heavy atom. The van der Waals surface area contributed by atoms with Crippen LogP contribution in [0.3, 0.4) is 0 Å². The molecule has 1 saturated carbocycles. The van der Waals surface area contributed by atoms with Crippen LogP contribution in [0.4, 0.5) is 10.5 Å². The van der Waals surface area contributed by atoms with Gasteiger partial charge >= 0.3 is 6.03 Å². The maximum Gasteiger partial charge on any atom is 0.319 e. The molecule has 0 aliphatic heterocycles. The second kappa shape index (κ2) is 4.74. The van der Waals surface area contributed by atoms with Crippen LogP contribution in [0.5, 0.6) is 0 Å². The minimum Gasteiger partial charge on any atom is -0.335 e. The molecule has 0 radical (unpaired) electrons. The molecule has 0 saturated heterocycles. The van der Waals surface area contributed by atoms with Crippen LogP contribution in [0.25, 0.3) is 0 Å².